The molecule has 5 nitrogen and oxygen atoms in total. The van der Waals surface area contributed by atoms with Crippen molar-refractivity contribution in [3.05, 3.63) is 59.7 Å². The molecule has 0 aliphatic carbocycles. The first-order chi connectivity index (χ1) is 10.5. The Morgan fingerprint density at radius 1 is 1.14 bits per heavy atom. The Balaban J connectivity index is 1.97. The van der Waals surface area contributed by atoms with Crippen molar-refractivity contribution in [1.29, 1.82) is 0 Å². The van der Waals surface area contributed by atoms with Crippen LogP contribution in [-0.2, 0) is 9.53 Å². The molecule has 0 fully saturated rings. The SMILES string of the molecule is Cc1ccc(C(=O)OCC(=O)N(C)c2ccccc2)c(O)c1. The van der Waals surface area contributed by atoms with Gasteiger partial charge in [0.1, 0.15) is 11.3 Å². The van der Waals surface area contributed by atoms with Crippen LogP contribution in [0, 0.1) is 6.92 Å². The number of esters is 1. The molecule has 1 amide bonds. The van der Waals surface area contributed by atoms with Crippen LogP contribution in [0.25, 0.3) is 0 Å². The van der Waals surface area contributed by atoms with E-state index in [1.807, 2.05) is 18.2 Å². The maximum Gasteiger partial charge on any atom is 0.342 e. The summed E-state index contributed by atoms with van der Waals surface area (Å²) in [5, 5.41) is 9.72. The van der Waals surface area contributed by atoms with E-state index in [4.69, 9.17) is 4.74 Å². The van der Waals surface area contributed by atoms with Crippen molar-refractivity contribution < 1.29 is 19.4 Å². The molecule has 0 atom stereocenters. The van der Waals surface area contributed by atoms with Crippen LogP contribution < -0.4 is 4.90 Å². The summed E-state index contributed by atoms with van der Waals surface area (Å²) in [6, 6.07) is 13.7. The molecule has 0 bridgehead atoms. The zero-order valence-corrected chi connectivity index (χ0v) is 12.4. The van der Waals surface area contributed by atoms with E-state index < -0.39 is 12.6 Å². The molecule has 0 aliphatic rings. The number of nitrogens with zero attached hydrogens (tertiary/aromatic N) is 1. The number of carbonyl (C=O) groups excluding carboxylic acids is 2. The largest absolute Gasteiger partial charge is 0.507 e. The Hall–Kier alpha value is -2.82. The topological polar surface area (TPSA) is 66.8 Å². The second-order valence-corrected chi connectivity index (χ2v) is 4.89. The highest BCUT2D eigenvalue weighted by Gasteiger charge is 2.17. The Morgan fingerprint density at radius 2 is 1.82 bits per heavy atom. The molecular weight excluding hydrogens is 282 g/mol. The van der Waals surface area contributed by atoms with Crippen LogP contribution in [0.3, 0.4) is 0 Å². The van der Waals surface area contributed by atoms with E-state index >= 15 is 0 Å². The third kappa shape index (κ3) is 3.63. The number of phenolic OH excluding ortho intramolecular Hbond substituents is 1. The van der Waals surface area contributed by atoms with Crippen LogP contribution in [0.15, 0.2) is 48.5 Å². The van der Waals surface area contributed by atoms with Crippen molar-refractivity contribution in [2.45, 2.75) is 6.92 Å². The minimum absolute atomic E-state index is 0.0424. The van der Waals surface area contributed by atoms with E-state index in [9.17, 15) is 14.7 Å². The molecule has 1 N–H and O–H groups in total. The number of rotatable bonds is 4. The van der Waals surface area contributed by atoms with Gasteiger partial charge in [-0.1, -0.05) is 24.3 Å². The van der Waals surface area contributed by atoms with Crippen LogP contribution in [0.2, 0.25) is 0 Å². The average molecular weight is 299 g/mol. The first-order valence-corrected chi connectivity index (χ1v) is 6.77. The summed E-state index contributed by atoms with van der Waals surface area (Å²) in [6.45, 7) is 1.41. The van der Waals surface area contributed by atoms with E-state index in [0.717, 1.165) is 5.56 Å². The molecule has 0 saturated carbocycles. The standard InChI is InChI=1S/C17H17NO4/c1-12-8-9-14(15(19)10-12)17(21)22-11-16(20)18(2)13-6-4-3-5-7-13/h3-10,19H,11H2,1-2H3. The van der Waals surface area contributed by atoms with Gasteiger partial charge in [0.2, 0.25) is 0 Å². The number of para-hydroxylation sites is 1. The van der Waals surface area contributed by atoms with Gasteiger partial charge in [-0.05, 0) is 36.8 Å². The van der Waals surface area contributed by atoms with Crippen LogP contribution in [0.4, 0.5) is 5.69 Å². The fraction of sp³-hybridized carbons (Fsp3) is 0.176. The zero-order valence-electron chi connectivity index (χ0n) is 12.4. The molecule has 22 heavy (non-hydrogen) atoms. The Kier molecular flexibility index (Phi) is 4.78. The first-order valence-electron chi connectivity index (χ1n) is 6.77. The zero-order chi connectivity index (χ0) is 16.1. The predicted molar refractivity (Wildman–Crippen MR) is 83.0 cm³/mol. The number of aromatic hydroxyl groups is 1. The number of amides is 1. The van der Waals surface area contributed by atoms with Crippen LogP contribution in [0.1, 0.15) is 15.9 Å². The maximum absolute atomic E-state index is 12.0. The van der Waals surface area contributed by atoms with Gasteiger partial charge >= 0.3 is 5.97 Å². The van der Waals surface area contributed by atoms with Gasteiger partial charge < -0.3 is 14.7 Å². The quantitative estimate of drug-likeness (QED) is 0.881. The average Bonchev–Trinajstić information content (AvgIpc) is 2.52. The van der Waals surface area contributed by atoms with E-state index in [-0.39, 0.29) is 17.2 Å². The number of carbonyl (C=O) groups is 2. The lowest BCUT2D eigenvalue weighted by atomic mass is 10.1. The van der Waals surface area contributed by atoms with Gasteiger partial charge in [0, 0.05) is 12.7 Å². The molecule has 2 rings (SSSR count). The molecule has 0 radical (unpaired) electrons. The van der Waals surface area contributed by atoms with Crippen LogP contribution >= 0.6 is 0 Å². The second-order valence-electron chi connectivity index (χ2n) is 4.89. The van der Waals surface area contributed by atoms with Gasteiger partial charge in [-0.2, -0.15) is 0 Å². The minimum Gasteiger partial charge on any atom is -0.507 e. The number of ether oxygens (including phenoxy) is 1. The fourth-order valence-corrected chi connectivity index (χ4v) is 1.91. The van der Waals surface area contributed by atoms with E-state index in [1.165, 1.54) is 17.0 Å². The van der Waals surface area contributed by atoms with Crippen LogP contribution in [-0.4, -0.2) is 30.6 Å². The third-order valence-electron chi connectivity index (χ3n) is 3.22. The normalized spacial score (nSPS) is 10.1. The van der Waals surface area contributed by atoms with Crippen molar-refractivity contribution in [3.8, 4) is 5.75 Å². The van der Waals surface area contributed by atoms with E-state index in [1.54, 1.807) is 32.2 Å². The minimum atomic E-state index is -0.729. The number of anilines is 1. The van der Waals surface area contributed by atoms with Crippen molar-refractivity contribution in [2.75, 3.05) is 18.6 Å². The van der Waals surface area contributed by atoms with E-state index in [0.29, 0.717) is 5.69 Å². The molecule has 0 spiro atoms. The highest BCUT2D eigenvalue weighted by Crippen LogP contribution is 2.19. The van der Waals surface area contributed by atoms with Crippen molar-refractivity contribution in [3.63, 3.8) is 0 Å². The Labute approximate surface area is 128 Å². The number of hydrogen-bond donors (Lipinski definition) is 1. The first kappa shape index (κ1) is 15.6. The van der Waals surface area contributed by atoms with Gasteiger partial charge in [0.25, 0.3) is 5.91 Å². The molecular formula is C17H17NO4. The number of benzene rings is 2. The summed E-state index contributed by atoms with van der Waals surface area (Å²) in [5.74, 6) is -1.24. The van der Waals surface area contributed by atoms with Gasteiger partial charge in [0.15, 0.2) is 6.61 Å². The van der Waals surface area contributed by atoms with Crippen molar-refractivity contribution in [2.24, 2.45) is 0 Å². The summed E-state index contributed by atoms with van der Waals surface area (Å²) in [7, 11) is 1.61. The van der Waals surface area contributed by atoms with Crippen molar-refractivity contribution >= 4 is 17.6 Å². The van der Waals surface area contributed by atoms with Crippen LogP contribution in [0.5, 0.6) is 5.75 Å². The summed E-state index contributed by atoms with van der Waals surface area (Å²) < 4.78 is 4.96. The lowest BCUT2D eigenvalue weighted by molar-refractivity contribution is -0.121. The Bertz CT molecular complexity index is 682. The van der Waals surface area contributed by atoms with Gasteiger partial charge in [0.05, 0.1) is 0 Å². The highest BCUT2D eigenvalue weighted by atomic mass is 16.5. The van der Waals surface area contributed by atoms with E-state index in [2.05, 4.69) is 0 Å². The number of phenols is 1. The van der Waals surface area contributed by atoms with Gasteiger partial charge in [-0.25, -0.2) is 4.79 Å². The maximum atomic E-state index is 12.0. The molecule has 114 valence electrons. The monoisotopic (exact) mass is 299 g/mol. The number of hydrogen-bond acceptors (Lipinski definition) is 4. The van der Waals surface area contributed by atoms with Crippen molar-refractivity contribution in [1.82, 2.24) is 0 Å². The molecule has 5 heteroatoms. The fourth-order valence-electron chi connectivity index (χ4n) is 1.91. The lowest BCUT2D eigenvalue weighted by Crippen LogP contribution is -2.31. The Morgan fingerprint density at radius 3 is 2.45 bits per heavy atom. The number of aryl methyl sites for hydroxylation is 1. The second kappa shape index (κ2) is 6.76. The highest BCUT2D eigenvalue weighted by molar-refractivity contribution is 5.97. The summed E-state index contributed by atoms with van der Waals surface area (Å²) in [6.07, 6.45) is 0. The smallest absolute Gasteiger partial charge is 0.342 e. The third-order valence-corrected chi connectivity index (χ3v) is 3.22. The summed E-state index contributed by atoms with van der Waals surface area (Å²) >= 11 is 0. The summed E-state index contributed by atoms with van der Waals surface area (Å²) in [4.78, 5) is 25.3. The van der Waals surface area contributed by atoms with Gasteiger partial charge in [-0.3, -0.25) is 4.79 Å². The molecule has 0 aliphatic heterocycles. The molecule has 2 aromatic rings. The lowest BCUT2D eigenvalue weighted by Gasteiger charge is -2.17. The molecule has 0 heterocycles. The molecule has 2 aromatic carbocycles. The molecule has 0 aromatic heterocycles. The summed E-state index contributed by atoms with van der Waals surface area (Å²) in [5.41, 5.74) is 1.58. The molecule has 0 saturated heterocycles. The number of likely N-dealkylation sites (N-methyl/N-ethyl adjacent to an activating group) is 1. The molecule has 0 unspecified atom stereocenters. The predicted octanol–water partition coefficient (Wildman–Crippen LogP) is 2.52. The van der Waals surface area contributed by atoms with Gasteiger partial charge in [-0.15, -0.1) is 0 Å².